The van der Waals surface area contributed by atoms with Gasteiger partial charge in [-0.25, -0.2) is 4.98 Å². The normalized spacial score (nSPS) is 11.9. The first-order chi connectivity index (χ1) is 13.5. The number of carbonyl (C=O) groups excluding carboxylic acids is 1. The van der Waals surface area contributed by atoms with Crippen LogP contribution in [0.4, 0.5) is 5.13 Å². The summed E-state index contributed by atoms with van der Waals surface area (Å²) >= 11 is 1.41. The highest BCUT2D eigenvalue weighted by Gasteiger charge is 2.11. The van der Waals surface area contributed by atoms with Crippen molar-refractivity contribution in [1.29, 1.82) is 0 Å². The van der Waals surface area contributed by atoms with Crippen molar-refractivity contribution in [2.75, 3.05) is 11.6 Å². The van der Waals surface area contributed by atoms with Crippen LogP contribution in [0, 0.1) is 0 Å². The van der Waals surface area contributed by atoms with E-state index in [1.807, 2.05) is 17.5 Å². The molecule has 1 heterocycles. The van der Waals surface area contributed by atoms with Crippen LogP contribution in [0.25, 0.3) is 11.3 Å². The third-order valence-corrected chi connectivity index (χ3v) is 5.85. The lowest BCUT2D eigenvalue weighted by atomic mass is 10.1. The van der Waals surface area contributed by atoms with Gasteiger partial charge in [-0.2, -0.15) is 0 Å². The second-order valence-corrected chi connectivity index (χ2v) is 9.00. The average molecular weight is 413 g/mol. The number of rotatable bonds is 8. The van der Waals surface area contributed by atoms with Crippen molar-refractivity contribution in [2.45, 2.75) is 31.9 Å². The minimum Gasteiger partial charge on any atom is -0.298 e. The largest absolute Gasteiger partial charge is 0.298 e. The van der Waals surface area contributed by atoms with Gasteiger partial charge in [0.25, 0.3) is 5.91 Å². The van der Waals surface area contributed by atoms with Gasteiger partial charge in [-0.3, -0.25) is 14.3 Å². The van der Waals surface area contributed by atoms with E-state index in [0.29, 0.717) is 16.4 Å². The zero-order valence-corrected chi connectivity index (χ0v) is 17.7. The molecule has 1 amide bonds. The van der Waals surface area contributed by atoms with Crippen LogP contribution in [-0.4, -0.2) is 21.4 Å². The number of unbranched alkanes of at least 4 members (excludes halogenated alkanes) is 1. The van der Waals surface area contributed by atoms with Crippen LogP contribution in [0.2, 0.25) is 0 Å². The molecule has 0 saturated carbocycles. The first-order valence-corrected chi connectivity index (χ1v) is 11.9. The van der Waals surface area contributed by atoms with Crippen LogP contribution < -0.4 is 5.32 Å². The number of thiazole rings is 1. The molecular weight excluding hydrogens is 388 g/mol. The highest BCUT2D eigenvalue weighted by Crippen LogP contribution is 2.26. The molecule has 1 unspecified atom stereocenters. The van der Waals surface area contributed by atoms with Gasteiger partial charge in [0.15, 0.2) is 5.13 Å². The first kappa shape index (κ1) is 20.4. The fraction of sp³-hybridized carbons (Fsp3) is 0.273. The molecule has 146 valence electrons. The third kappa shape index (κ3) is 5.59. The minimum atomic E-state index is -0.940. The summed E-state index contributed by atoms with van der Waals surface area (Å²) in [4.78, 5) is 17.1. The topological polar surface area (TPSA) is 59.1 Å². The highest BCUT2D eigenvalue weighted by molar-refractivity contribution is 7.83. The van der Waals surface area contributed by atoms with Crippen LogP contribution in [0.3, 0.4) is 0 Å². The van der Waals surface area contributed by atoms with E-state index >= 15 is 0 Å². The van der Waals surface area contributed by atoms with E-state index in [1.54, 1.807) is 18.4 Å². The van der Waals surface area contributed by atoms with Gasteiger partial charge in [0, 0.05) is 39.3 Å². The van der Waals surface area contributed by atoms with Crippen LogP contribution in [0.1, 0.15) is 41.3 Å². The molecule has 1 atom stereocenters. The summed E-state index contributed by atoms with van der Waals surface area (Å²) in [5.41, 5.74) is 4.67. The van der Waals surface area contributed by atoms with E-state index in [0.717, 1.165) is 23.2 Å². The fourth-order valence-corrected chi connectivity index (χ4v) is 4.26. The van der Waals surface area contributed by atoms with E-state index in [1.165, 1.54) is 29.7 Å². The van der Waals surface area contributed by atoms with Crippen molar-refractivity contribution < 1.29 is 9.00 Å². The monoisotopic (exact) mass is 412 g/mol. The Hall–Kier alpha value is -2.31. The molecule has 3 rings (SSSR count). The molecule has 4 nitrogen and oxygen atoms in total. The molecule has 2 aromatic carbocycles. The van der Waals surface area contributed by atoms with Crippen LogP contribution in [0.5, 0.6) is 0 Å². The number of aryl methyl sites for hydroxylation is 1. The number of benzene rings is 2. The highest BCUT2D eigenvalue weighted by atomic mass is 32.2. The van der Waals surface area contributed by atoms with E-state index in [4.69, 9.17) is 0 Å². The van der Waals surface area contributed by atoms with Gasteiger partial charge in [-0.15, -0.1) is 11.3 Å². The smallest absolute Gasteiger partial charge is 0.257 e. The van der Waals surface area contributed by atoms with Gasteiger partial charge in [-0.05, 0) is 36.1 Å². The molecule has 0 aliphatic rings. The number of hydrogen-bond acceptors (Lipinski definition) is 4. The average Bonchev–Trinajstić information content (AvgIpc) is 3.15. The Morgan fingerprint density at radius 2 is 1.93 bits per heavy atom. The zero-order valence-electron chi connectivity index (χ0n) is 16.1. The van der Waals surface area contributed by atoms with Crippen molar-refractivity contribution >= 4 is 33.2 Å². The van der Waals surface area contributed by atoms with Gasteiger partial charge in [0.2, 0.25) is 0 Å². The second kappa shape index (κ2) is 9.75. The van der Waals surface area contributed by atoms with E-state index in [9.17, 15) is 9.00 Å². The van der Waals surface area contributed by atoms with Gasteiger partial charge < -0.3 is 0 Å². The van der Waals surface area contributed by atoms with Crippen molar-refractivity contribution in [3.05, 3.63) is 70.6 Å². The summed E-state index contributed by atoms with van der Waals surface area (Å²) < 4.78 is 11.4. The Balaban J connectivity index is 1.67. The van der Waals surface area contributed by atoms with E-state index in [-0.39, 0.29) is 5.91 Å². The standard InChI is InChI=1S/C22H24N2O2S2/c1-3-4-6-16-9-11-18(12-10-16)20-14-27-22(23-20)24-21(25)19-8-5-7-17(13-19)15-28(2)26/h5,7-14H,3-4,6,15H2,1-2H3,(H,23,24,25). The molecule has 0 saturated heterocycles. The molecule has 3 aromatic rings. The first-order valence-electron chi connectivity index (χ1n) is 9.30. The summed E-state index contributed by atoms with van der Waals surface area (Å²) in [6, 6.07) is 15.7. The van der Waals surface area contributed by atoms with Crippen LogP contribution in [0.15, 0.2) is 53.9 Å². The number of nitrogens with zero attached hydrogens (tertiary/aromatic N) is 1. The lowest BCUT2D eigenvalue weighted by Gasteiger charge is -2.04. The van der Waals surface area contributed by atoms with Gasteiger partial charge in [-0.1, -0.05) is 49.7 Å². The molecule has 0 aliphatic heterocycles. The number of hydrogen-bond donors (Lipinski definition) is 1. The molecule has 28 heavy (non-hydrogen) atoms. The third-order valence-electron chi connectivity index (χ3n) is 4.35. The lowest BCUT2D eigenvalue weighted by Crippen LogP contribution is -2.12. The number of aromatic nitrogens is 1. The van der Waals surface area contributed by atoms with Crippen molar-refractivity contribution in [1.82, 2.24) is 4.98 Å². The number of nitrogens with one attached hydrogen (secondary N) is 1. The summed E-state index contributed by atoms with van der Waals surface area (Å²) in [6.45, 7) is 2.19. The summed E-state index contributed by atoms with van der Waals surface area (Å²) in [7, 11) is -0.940. The molecule has 0 aliphatic carbocycles. The maximum absolute atomic E-state index is 12.5. The Labute approximate surface area is 172 Å². The fourth-order valence-electron chi connectivity index (χ4n) is 2.89. The zero-order chi connectivity index (χ0) is 19.9. The Kier molecular flexibility index (Phi) is 7.12. The molecular formula is C22H24N2O2S2. The predicted octanol–water partition coefficient (Wildman–Crippen LogP) is 5.28. The van der Waals surface area contributed by atoms with E-state index in [2.05, 4.69) is 41.5 Å². The second-order valence-electron chi connectivity index (χ2n) is 6.71. The molecule has 6 heteroatoms. The van der Waals surface area contributed by atoms with Crippen molar-refractivity contribution in [3.63, 3.8) is 0 Å². The summed E-state index contributed by atoms with van der Waals surface area (Å²) in [5.74, 6) is 0.232. The summed E-state index contributed by atoms with van der Waals surface area (Å²) in [6.07, 6.45) is 5.14. The van der Waals surface area contributed by atoms with Crippen molar-refractivity contribution in [3.8, 4) is 11.3 Å². The van der Waals surface area contributed by atoms with Gasteiger partial charge in [0.1, 0.15) is 0 Å². The number of carbonyl (C=O) groups is 1. The molecule has 1 aromatic heterocycles. The Morgan fingerprint density at radius 1 is 1.14 bits per heavy atom. The minimum absolute atomic E-state index is 0.209. The lowest BCUT2D eigenvalue weighted by molar-refractivity contribution is 0.102. The van der Waals surface area contributed by atoms with Crippen LogP contribution >= 0.6 is 11.3 Å². The Bertz CT molecular complexity index is 965. The Morgan fingerprint density at radius 3 is 2.64 bits per heavy atom. The predicted molar refractivity (Wildman–Crippen MR) is 118 cm³/mol. The van der Waals surface area contributed by atoms with Gasteiger partial charge >= 0.3 is 0 Å². The maximum Gasteiger partial charge on any atom is 0.257 e. The molecule has 0 radical (unpaired) electrons. The van der Waals surface area contributed by atoms with E-state index < -0.39 is 10.8 Å². The maximum atomic E-state index is 12.5. The molecule has 1 N–H and O–H groups in total. The molecule has 0 bridgehead atoms. The molecule has 0 fully saturated rings. The van der Waals surface area contributed by atoms with Crippen molar-refractivity contribution in [2.24, 2.45) is 0 Å². The number of amides is 1. The quantitative estimate of drug-likeness (QED) is 0.547. The number of anilines is 1. The summed E-state index contributed by atoms with van der Waals surface area (Å²) in [5, 5.41) is 5.38. The van der Waals surface area contributed by atoms with Gasteiger partial charge in [0.05, 0.1) is 5.69 Å². The SMILES string of the molecule is CCCCc1ccc(-c2csc(NC(=O)c3cccc(CS(C)=O)c3)n2)cc1. The van der Waals surface area contributed by atoms with Crippen LogP contribution in [-0.2, 0) is 23.0 Å². The molecule has 0 spiro atoms.